The van der Waals surface area contributed by atoms with Crippen molar-refractivity contribution in [1.29, 1.82) is 0 Å². The van der Waals surface area contributed by atoms with Crippen LogP contribution in [0.4, 0.5) is 0 Å². The lowest BCUT2D eigenvalue weighted by Crippen LogP contribution is -2.14. The van der Waals surface area contributed by atoms with Gasteiger partial charge in [-0.2, -0.15) is 0 Å². The van der Waals surface area contributed by atoms with Crippen molar-refractivity contribution in [3.05, 3.63) is 36.5 Å². The van der Waals surface area contributed by atoms with Gasteiger partial charge in [-0.05, 0) is 32.0 Å². The predicted octanol–water partition coefficient (Wildman–Crippen LogP) is 2.67. The van der Waals surface area contributed by atoms with Gasteiger partial charge in [0.15, 0.2) is 0 Å². The van der Waals surface area contributed by atoms with Crippen LogP contribution in [0.3, 0.4) is 0 Å². The Morgan fingerprint density at radius 1 is 1.50 bits per heavy atom. The third kappa shape index (κ3) is 4.91. The zero-order chi connectivity index (χ0) is 9.40. The lowest BCUT2D eigenvalue weighted by Gasteiger charge is -2.05. The van der Waals surface area contributed by atoms with Crippen molar-refractivity contribution in [2.24, 2.45) is 0 Å². The third-order valence-corrected chi connectivity index (χ3v) is 1.69. The molecule has 0 saturated heterocycles. The molecule has 0 fully saturated rings. The van der Waals surface area contributed by atoms with E-state index in [1.807, 2.05) is 19.1 Å². The van der Waals surface area contributed by atoms with Gasteiger partial charge in [0.2, 0.25) is 0 Å². The average molecular weight is 165 g/mol. The van der Waals surface area contributed by atoms with E-state index in [1.54, 1.807) is 0 Å². The molecule has 0 aromatic heterocycles. The van der Waals surface area contributed by atoms with Crippen molar-refractivity contribution < 1.29 is 0 Å². The molecular weight excluding hydrogens is 146 g/mol. The molecule has 0 aliphatic rings. The largest absolute Gasteiger partial charge is 0.317 e. The van der Waals surface area contributed by atoms with Crippen LogP contribution in [-0.4, -0.2) is 13.1 Å². The van der Waals surface area contributed by atoms with Gasteiger partial charge in [-0.3, -0.25) is 0 Å². The summed E-state index contributed by atoms with van der Waals surface area (Å²) in [6.07, 6.45) is 4.88. The minimum absolute atomic E-state index is 1.02. The van der Waals surface area contributed by atoms with Gasteiger partial charge >= 0.3 is 0 Å². The van der Waals surface area contributed by atoms with Crippen molar-refractivity contribution in [2.75, 3.05) is 13.1 Å². The Labute approximate surface area is 75.9 Å². The van der Waals surface area contributed by atoms with Gasteiger partial charge in [0, 0.05) is 0 Å². The molecule has 0 unspecified atom stereocenters. The minimum Gasteiger partial charge on any atom is -0.317 e. The van der Waals surface area contributed by atoms with Gasteiger partial charge in [-0.1, -0.05) is 37.8 Å². The van der Waals surface area contributed by atoms with Gasteiger partial charge in [0.1, 0.15) is 0 Å². The molecule has 0 saturated carbocycles. The molecule has 0 aromatic rings. The van der Waals surface area contributed by atoms with E-state index in [9.17, 15) is 0 Å². The Morgan fingerprint density at radius 3 is 2.58 bits per heavy atom. The SMILES string of the molecule is C=C/C=C(/CCNCC)C(=C)C. The van der Waals surface area contributed by atoms with Gasteiger partial charge in [-0.15, -0.1) is 0 Å². The summed E-state index contributed by atoms with van der Waals surface area (Å²) in [6, 6.07) is 0. The maximum atomic E-state index is 3.91. The van der Waals surface area contributed by atoms with Crippen LogP contribution in [0.1, 0.15) is 20.3 Å². The predicted molar refractivity (Wildman–Crippen MR) is 56.3 cm³/mol. The molecule has 0 amide bonds. The highest BCUT2D eigenvalue weighted by Crippen LogP contribution is 2.10. The fourth-order valence-electron chi connectivity index (χ4n) is 0.981. The van der Waals surface area contributed by atoms with Crippen molar-refractivity contribution in [2.45, 2.75) is 20.3 Å². The Morgan fingerprint density at radius 2 is 2.17 bits per heavy atom. The first kappa shape index (κ1) is 11.2. The zero-order valence-electron chi connectivity index (χ0n) is 8.19. The quantitative estimate of drug-likeness (QED) is 0.471. The molecule has 1 heteroatoms. The fraction of sp³-hybridized carbons (Fsp3) is 0.455. The summed E-state index contributed by atoms with van der Waals surface area (Å²) in [6.45, 7) is 13.8. The molecule has 0 aliphatic heterocycles. The highest BCUT2D eigenvalue weighted by atomic mass is 14.8. The van der Waals surface area contributed by atoms with Gasteiger partial charge in [0.25, 0.3) is 0 Å². The molecule has 0 spiro atoms. The molecule has 0 radical (unpaired) electrons. The molecule has 0 atom stereocenters. The van der Waals surface area contributed by atoms with Crippen molar-refractivity contribution in [1.82, 2.24) is 5.32 Å². The lowest BCUT2D eigenvalue weighted by molar-refractivity contribution is 0.715. The molecule has 0 bridgehead atoms. The number of hydrogen-bond donors (Lipinski definition) is 1. The normalized spacial score (nSPS) is 11.3. The Balaban J connectivity index is 3.89. The van der Waals surface area contributed by atoms with E-state index >= 15 is 0 Å². The average Bonchev–Trinajstić information content (AvgIpc) is 2.03. The van der Waals surface area contributed by atoms with Gasteiger partial charge in [0.05, 0.1) is 0 Å². The summed E-state index contributed by atoms with van der Waals surface area (Å²) in [7, 11) is 0. The summed E-state index contributed by atoms with van der Waals surface area (Å²) in [4.78, 5) is 0. The molecule has 0 rings (SSSR count). The highest BCUT2D eigenvalue weighted by Gasteiger charge is 1.95. The smallest absolute Gasteiger partial charge is 0.000837 e. The summed E-state index contributed by atoms with van der Waals surface area (Å²) >= 11 is 0. The maximum Gasteiger partial charge on any atom is -0.000837 e. The maximum absolute atomic E-state index is 3.91. The topological polar surface area (TPSA) is 12.0 Å². The summed E-state index contributed by atoms with van der Waals surface area (Å²) in [5.41, 5.74) is 2.42. The summed E-state index contributed by atoms with van der Waals surface area (Å²) in [5.74, 6) is 0. The standard InChI is InChI=1S/C11H19N/c1-5-7-11(10(3)4)8-9-12-6-2/h5,7,12H,1,3,6,8-9H2,2,4H3/b11-7-. The highest BCUT2D eigenvalue weighted by molar-refractivity contribution is 5.29. The zero-order valence-corrected chi connectivity index (χ0v) is 8.19. The Bertz CT molecular complexity index is 177. The summed E-state index contributed by atoms with van der Waals surface area (Å²) in [5, 5.41) is 3.28. The van der Waals surface area contributed by atoms with Crippen LogP contribution in [0.25, 0.3) is 0 Å². The monoisotopic (exact) mass is 165 g/mol. The van der Waals surface area contributed by atoms with Crippen molar-refractivity contribution in [3.63, 3.8) is 0 Å². The van der Waals surface area contributed by atoms with Crippen LogP contribution < -0.4 is 5.32 Å². The van der Waals surface area contributed by atoms with Gasteiger partial charge < -0.3 is 5.32 Å². The lowest BCUT2D eigenvalue weighted by atomic mass is 10.1. The number of allylic oxidation sites excluding steroid dienone is 3. The first-order chi connectivity index (χ1) is 5.72. The van der Waals surface area contributed by atoms with E-state index in [2.05, 4.69) is 25.4 Å². The molecule has 1 N–H and O–H groups in total. The second-order valence-corrected chi connectivity index (χ2v) is 2.81. The number of hydrogen-bond acceptors (Lipinski definition) is 1. The second kappa shape index (κ2) is 6.86. The second-order valence-electron chi connectivity index (χ2n) is 2.81. The number of nitrogens with one attached hydrogen (secondary N) is 1. The van der Waals surface area contributed by atoms with E-state index in [4.69, 9.17) is 0 Å². The molecule has 68 valence electrons. The molecule has 12 heavy (non-hydrogen) atoms. The van der Waals surface area contributed by atoms with Crippen LogP contribution in [-0.2, 0) is 0 Å². The van der Waals surface area contributed by atoms with E-state index in [1.165, 1.54) is 5.57 Å². The van der Waals surface area contributed by atoms with Crippen LogP contribution in [0.2, 0.25) is 0 Å². The van der Waals surface area contributed by atoms with Crippen LogP contribution in [0, 0.1) is 0 Å². The van der Waals surface area contributed by atoms with Crippen molar-refractivity contribution in [3.8, 4) is 0 Å². The first-order valence-corrected chi connectivity index (χ1v) is 4.40. The molecule has 0 aliphatic carbocycles. The molecule has 0 aromatic carbocycles. The molecule has 0 heterocycles. The Kier molecular flexibility index (Phi) is 6.39. The molecule has 1 nitrogen and oxygen atoms in total. The minimum atomic E-state index is 1.02. The van der Waals surface area contributed by atoms with E-state index in [0.717, 1.165) is 25.1 Å². The number of rotatable bonds is 6. The summed E-state index contributed by atoms with van der Waals surface area (Å²) < 4.78 is 0. The van der Waals surface area contributed by atoms with E-state index in [0.29, 0.717) is 0 Å². The van der Waals surface area contributed by atoms with Crippen LogP contribution in [0.5, 0.6) is 0 Å². The van der Waals surface area contributed by atoms with Crippen LogP contribution >= 0.6 is 0 Å². The van der Waals surface area contributed by atoms with E-state index < -0.39 is 0 Å². The van der Waals surface area contributed by atoms with Crippen molar-refractivity contribution >= 4 is 0 Å². The van der Waals surface area contributed by atoms with E-state index in [-0.39, 0.29) is 0 Å². The fourth-order valence-corrected chi connectivity index (χ4v) is 0.981. The van der Waals surface area contributed by atoms with Gasteiger partial charge in [-0.25, -0.2) is 0 Å². The molecular formula is C11H19N. The Hall–Kier alpha value is -0.820. The first-order valence-electron chi connectivity index (χ1n) is 4.40. The third-order valence-electron chi connectivity index (χ3n) is 1.69. The van der Waals surface area contributed by atoms with Crippen LogP contribution in [0.15, 0.2) is 36.5 Å².